The van der Waals surface area contributed by atoms with Gasteiger partial charge in [0.1, 0.15) is 12.4 Å². The van der Waals surface area contributed by atoms with Crippen LogP contribution >= 0.6 is 0 Å². The zero-order valence-corrected chi connectivity index (χ0v) is 19.5. The van der Waals surface area contributed by atoms with Crippen LogP contribution in [0.5, 0.6) is 0 Å². The van der Waals surface area contributed by atoms with Gasteiger partial charge in [-0.15, -0.1) is 5.92 Å². The fourth-order valence-electron chi connectivity index (χ4n) is 4.17. The first-order chi connectivity index (χ1) is 16.3. The highest BCUT2D eigenvalue weighted by molar-refractivity contribution is 5.89. The van der Waals surface area contributed by atoms with E-state index in [0.717, 1.165) is 29.5 Å². The summed E-state index contributed by atoms with van der Waals surface area (Å²) in [6.07, 6.45) is 3.39. The minimum Gasteiger partial charge on any atom is -0.341 e. The minimum atomic E-state index is -0.627. The maximum absolute atomic E-state index is 13.5. The van der Waals surface area contributed by atoms with Crippen LogP contribution < -0.4 is 27.2 Å². The van der Waals surface area contributed by atoms with Crippen molar-refractivity contribution in [3.05, 3.63) is 44.7 Å². The summed E-state index contributed by atoms with van der Waals surface area (Å²) < 4.78 is 3.91. The van der Waals surface area contributed by atoms with Gasteiger partial charge in [-0.25, -0.2) is 14.3 Å². The number of aryl methyl sites for hydroxylation is 2. The molecule has 0 aromatic carbocycles. The SMILES string of the molecule is CC#CCn1c(N2CCCC(N)C2)nc2c1c(=O)n(CC(=O)Nc1cc(C)ccn1)c(=O)n2C. The molecule has 0 spiro atoms. The van der Waals surface area contributed by atoms with Crippen molar-refractivity contribution in [3.63, 3.8) is 0 Å². The summed E-state index contributed by atoms with van der Waals surface area (Å²) in [6, 6.07) is 3.51. The molecule has 1 fully saturated rings. The number of nitrogens with zero attached hydrogens (tertiary/aromatic N) is 6. The van der Waals surface area contributed by atoms with E-state index in [1.807, 2.05) is 11.8 Å². The normalized spacial score (nSPS) is 15.8. The quantitative estimate of drug-likeness (QED) is 0.515. The molecule has 1 saturated heterocycles. The molecule has 0 saturated carbocycles. The van der Waals surface area contributed by atoms with E-state index in [1.165, 1.54) is 11.6 Å². The second-order valence-corrected chi connectivity index (χ2v) is 8.44. The van der Waals surface area contributed by atoms with Crippen LogP contribution in [0.3, 0.4) is 0 Å². The van der Waals surface area contributed by atoms with Gasteiger partial charge in [0, 0.05) is 32.4 Å². The van der Waals surface area contributed by atoms with E-state index in [1.54, 1.807) is 29.8 Å². The highest BCUT2D eigenvalue weighted by Crippen LogP contribution is 2.22. The first-order valence-electron chi connectivity index (χ1n) is 11.1. The van der Waals surface area contributed by atoms with Crippen molar-refractivity contribution >= 4 is 28.8 Å². The smallest absolute Gasteiger partial charge is 0.332 e. The Hall–Kier alpha value is -3.91. The zero-order chi connectivity index (χ0) is 24.4. The molecule has 3 aromatic rings. The summed E-state index contributed by atoms with van der Waals surface area (Å²) in [5.74, 6) is 6.20. The molecule has 34 heavy (non-hydrogen) atoms. The van der Waals surface area contributed by atoms with E-state index in [-0.39, 0.29) is 23.8 Å². The van der Waals surface area contributed by atoms with Crippen LogP contribution in [0, 0.1) is 18.8 Å². The Morgan fingerprint density at radius 2 is 2.12 bits per heavy atom. The predicted octanol–water partition coefficient (Wildman–Crippen LogP) is 0.190. The number of aromatic nitrogens is 5. The molecule has 1 amide bonds. The fraction of sp³-hybridized carbons (Fsp3) is 0.435. The maximum atomic E-state index is 13.5. The zero-order valence-electron chi connectivity index (χ0n) is 19.5. The lowest BCUT2D eigenvalue weighted by atomic mass is 10.1. The molecule has 11 heteroatoms. The Balaban J connectivity index is 1.79. The number of piperidine rings is 1. The Labute approximate surface area is 196 Å². The highest BCUT2D eigenvalue weighted by Gasteiger charge is 2.26. The minimum absolute atomic E-state index is 0.00122. The number of pyridine rings is 1. The highest BCUT2D eigenvalue weighted by atomic mass is 16.2. The Morgan fingerprint density at radius 1 is 1.32 bits per heavy atom. The second kappa shape index (κ2) is 9.52. The largest absolute Gasteiger partial charge is 0.341 e. The van der Waals surface area contributed by atoms with Gasteiger partial charge in [0.25, 0.3) is 5.56 Å². The number of amides is 1. The number of nitrogens with one attached hydrogen (secondary N) is 1. The van der Waals surface area contributed by atoms with Gasteiger partial charge < -0.3 is 16.0 Å². The predicted molar refractivity (Wildman–Crippen MR) is 130 cm³/mol. The van der Waals surface area contributed by atoms with Gasteiger partial charge in [0.05, 0.1) is 6.54 Å². The Bertz CT molecular complexity index is 1420. The van der Waals surface area contributed by atoms with Gasteiger partial charge in [-0.2, -0.15) is 4.98 Å². The van der Waals surface area contributed by atoms with Crippen LogP contribution in [0.1, 0.15) is 25.3 Å². The monoisotopic (exact) mass is 464 g/mol. The van der Waals surface area contributed by atoms with Crippen LogP contribution in [-0.2, 0) is 24.9 Å². The number of carbonyl (C=O) groups excluding carboxylic acids is 1. The average Bonchev–Trinajstić information content (AvgIpc) is 3.19. The summed E-state index contributed by atoms with van der Waals surface area (Å²) >= 11 is 0. The number of anilines is 2. The molecule has 3 N–H and O–H groups in total. The van der Waals surface area contributed by atoms with Crippen molar-refractivity contribution in [2.75, 3.05) is 23.3 Å². The standard InChI is InChI=1S/C23H28N8O3/c1-4-5-11-30-19-20(27-22(30)29-10-6-7-16(24)13-29)28(3)23(34)31(21(19)33)14-18(32)26-17-12-15(2)8-9-25-17/h8-9,12,16H,6-7,10-11,13-14,24H2,1-3H3,(H,25,26,32). The van der Waals surface area contributed by atoms with Crippen molar-refractivity contribution in [2.45, 2.75) is 45.8 Å². The molecular formula is C23H28N8O3. The molecule has 0 aliphatic carbocycles. The van der Waals surface area contributed by atoms with Crippen LogP contribution in [0.2, 0.25) is 0 Å². The number of hydrogen-bond acceptors (Lipinski definition) is 7. The first kappa shape index (κ1) is 23.3. The topological polar surface area (TPSA) is 133 Å². The molecule has 0 radical (unpaired) electrons. The van der Waals surface area contributed by atoms with E-state index < -0.39 is 23.7 Å². The van der Waals surface area contributed by atoms with Crippen molar-refractivity contribution in [1.82, 2.24) is 23.7 Å². The molecule has 1 aliphatic rings. The third-order valence-electron chi connectivity index (χ3n) is 5.85. The van der Waals surface area contributed by atoms with E-state index >= 15 is 0 Å². The molecular weight excluding hydrogens is 436 g/mol. The third-order valence-corrected chi connectivity index (χ3v) is 5.85. The molecule has 11 nitrogen and oxygen atoms in total. The molecule has 1 aliphatic heterocycles. The van der Waals surface area contributed by atoms with Gasteiger partial charge in [-0.1, -0.05) is 5.92 Å². The van der Waals surface area contributed by atoms with Crippen molar-refractivity contribution < 1.29 is 4.79 Å². The molecule has 4 heterocycles. The van der Waals surface area contributed by atoms with E-state index in [4.69, 9.17) is 5.73 Å². The van der Waals surface area contributed by atoms with Crippen molar-refractivity contribution in [2.24, 2.45) is 12.8 Å². The van der Waals surface area contributed by atoms with Gasteiger partial charge >= 0.3 is 5.69 Å². The maximum Gasteiger partial charge on any atom is 0.332 e. The van der Waals surface area contributed by atoms with Crippen LogP contribution in [0.15, 0.2) is 27.9 Å². The Morgan fingerprint density at radius 3 is 2.82 bits per heavy atom. The molecule has 178 valence electrons. The number of nitrogens with two attached hydrogens (primary N) is 1. The van der Waals surface area contributed by atoms with Gasteiger partial charge in [-0.3, -0.25) is 18.7 Å². The second-order valence-electron chi connectivity index (χ2n) is 8.44. The van der Waals surface area contributed by atoms with E-state index in [9.17, 15) is 14.4 Å². The first-order valence-corrected chi connectivity index (χ1v) is 11.1. The molecule has 4 rings (SSSR count). The van der Waals surface area contributed by atoms with Gasteiger partial charge in [-0.05, 0) is 44.4 Å². The lowest BCUT2D eigenvalue weighted by Gasteiger charge is -2.31. The molecule has 1 unspecified atom stereocenters. The number of carbonyl (C=O) groups is 1. The number of rotatable bonds is 5. The lowest BCUT2D eigenvalue weighted by molar-refractivity contribution is -0.116. The summed E-state index contributed by atoms with van der Waals surface area (Å²) in [5.41, 5.74) is 6.34. The van der Waals surface area contributed by atoms with E-state index in [0.29, 0.717) is 18.3 Å². The molecule has 0 bridgehead atoms. The number of hydrogen-bond donors (Lipinski definition) is 2. The molecule has 3 aromatic heterocycles. The van der Waals surface area contributed by atoms with Crippen LogP contribution in [-0.4, -0.2) is 48.7 Å². The van der Waals surface area contributed by atoms with Crippen molar-refractivity contribution in [1.29, 1.82) is 0 Å². The lowest BCUT2D eigenvalue weighted by Crippen LogP contribution is -2.44. The van der Waals surface area contributed by atoms with Gasteiger partial charge in [0.15, 0.2) is 11.2 Å². The number of fused-ring (bicyclic) bond motifs is 1. The summed E-state index contributed by atoms with van der Waals surface area (Å²) in [6.45, 7) is 4.69. The van der Waals surface area contributed by atoms with Crippen molar-refractivity contribution in [3.8, 4) is 11.8 Å². The van der Waals surface area contributed by atoms with E-state index in [2.05, 4.69) is 27.1 Å². The third kappa shape index (κ3) is 4.45. The average molecular weight is 465 g/mol. The summed E-state index contributed by atoms with van der Waals surface area (Å²) in [4.78, 5) is 49.9. The van der Waals surface area contributed by atoms with Crippen LogP contribution in [0.4, 0.5) is 11.8 Å². The Kier molecular flexibility index (Phi) is 6.51. The van der Waals surface area contributed by atoms with Crippen LogP contribution in [0.25, 0.3) is 11.2 Å². The summed E-state index contributed by atoms with van der Waals surface area (Å²) in [7, 11) is 1.54. The fourth-order valence-corrected chi connectivity index (χ4v) is 4.17. The molecule has 1 atom stereocenters. The number of imidazole rings is 1. The summed E-state index contributed by atoms with van der Waals surface area (Å²) in [5, 5.41) is 2.64. The van der Waals surface area contributed by atoms with Gasteiger partial charge in [0.2, 0.25) is 11.9 Å².